The molecular weight excluding hydrogens is 268 g/mol. The molecule has 21 heavy (non-hydrogen) atoms. The van der Waals surface area contributed by atoms with E-state index in [0.29, 0.717) is 12.5 Å². The third kappa shape index (κ3) is 3.19. The monoisotopic (exact) mass is 290 g/mol. The van der Waals surface area contributed by atoms with E-state index in [9.17, 15) is 4.79 Å². The summed E-state index contributed by atoms with van der Waals surface area (Å²) < 4.78 is 11.2. The number of rotatable bonds is 6. The van der Waals surface area contributed by atoms with Crippen molar-refractivity contribution in [3.63, 3.8) is 0 Å². The van der Waals surface area contributed by atoms with Crippen LogP contribution < -0.4 is 15.4 Å². The van der Waals surface area contributed by atoms with Crippen molar-refractivity contribution >= 4 is 11.6 Å². The molecule has 0 saturated carbocycles. The summed E-state index contributed by atoms with van der Waals surface area (Å²) in [6.45, 7) is 5.20. The van der Waals surface area contributed by atoms with E-state index in [1.165, 1.54) is 0 Å². The Hall–Kier alpha value is -1.59. The predicted octanol–water partition coefficient (Wildman–Crippen LogP) is 2.09. The molecule has 2 aliphatic rings. The van der Waals surface area contributed by atoms with Crippen LogP contribution in [0.1, 0.15) is 31.4 Å². The van der Waals surface area contributed by atoms with E-state index in [1.807, 2.05) is 18.2 Å². The SMILES string of the molecule is CCCNC1C(=O)Nc2cc(OCC3CCOC3)ccc21. The van der Waals surface area contributed by atoms with E-state index in [-0.39, 0.29) is 11.9 Å². The van der Waals surface area contributed by atoms with Gasteiger partial charge in [0.2, 0.25) is 5.91 Å². The lowest BCUT2D eigenvalue weighted by Gasteiger charge is -2.12. The van der Waals surface area contributed by atoms with Crippen LogP contribution in [0.2, 0.25) is 0 Å². The highest BCUT2D eigenvalue weighted by Gasteiger charge is 2.30. The van der Waals surface area contributed by atoms with E-state index in [4.69, 9.17) is 9.47 Å². The predicted molar refractivity (Wildman–Crippen MR) is 80.5 cm³/mol. The summed E-state index contributed by atoms with van der Waals surface area (Å²) in [5, 5.41) is 6.18. The van der Waals surface area contributed by atoms with Crippen LogP contribution in [0, 0.1) is 5.92 Å². The Morgan fingerprint density at radius 3 is 3.14 bits per heavy atom. The first kappa shape index (κ1) is 14.4. The van der Waals surface area contributed by atoms with Crippen molar-refractivity contribution in [2.24, 2.45) is 5.92 Å². The fourth-order valence-electron chi connectivity index (χ4n) is 2.75. The molecule has 2 atom stereocenters. The van der Waals surface area contributed by atoms with Crippen LogP contribution >= 0.6 is 0 Å². The van der Waals surface area contributed by atoms with Gasteiger partial charge in [-0.25, -0.2) is 0 Å². The molecule has 3 rings (SSSR count). The zero-order chi connectivity index (χ0) is 14.7. The number of carbonyl (C=O) groups excluding carboxylic acids is 1. The highest BCUT2D eigenvalue weighted by molar-refractivity contribution is 6.02. The Bertz CT molecular complexity index is 512. The Labute approximate surface area is 125 Å². The molecule has 114 valence electrons. The Morgan fingerprint density at radius 1 is 1.48 bits per heavy atom. The zero-order valence-corrected chi connectivity index (χ0v) is 12.4. The van der Waals surface area contributed by atoms with E-state index in [0.717, 1.165) is 49.6 Å². The number of hydrogen-bond donors (Lipinski definition) is 2. The normalized spacial score (nSPS) is 24.0. The Morgan fingerprint density at radius 2 is 2.38 bits per heavy atom. The lowest BCUT2D eigenvalue weighted by molar-refractivity contribution is -0.117. The van der Waals surface area contributed by atoms with Gasteiger partial charge in [0.15, 0.2) is 0 Å². The van der Waals surface area contributed by atoms with Crippen molar-refractivity contribution in [1.29, 1.82) is 0 Å². The van der Waals surface area contributed by atoms with Gasteiger partial charge in [-0.05, 0) is 25.5 Å². The topological polar surface area (TPSA) is 59.6 Å². The molecular formula is C16H22N2O3. The second kappa shape index (κ2) is 6.45. The van der Waals surface area contributed by atoms with Crippen molar-refractivity contribution in [3.05, 3.63) is 23.8 Å². The van der Waals surface area contributed by atoms with Gasteiger partial charge in [-0.1, -0.05) is 13.0 Å². The molecule has 0 radical (unpaired) electrons. The largest absolute Gasteiger partial charge is 0.493 e. The number of anilines is 1. The third-order valence-electron chi connectivity index (χ3n) is 3.96. The average Bonchev–Trinajstić information content (AvgIpc) is 3.10. The van der Waals surface area contributed by atoms with Crippen molar-refractivity contribution in [1.82, 2.24) is 5.32 Å². The van der Waals surface area contributed by atoms with Crippen LogP contribution in [0.3, 0.4) is 0 Å². The Balaban J connectivity index is 1.64. The summed E-state index contributed by atoms with van der Waals surface area (Å²) in [7, 11) is 0. The molecule has 5 heteroatoms. The molecule has 0 aromatic heterocycles. The maximum absolute atomic E-state index is 12.0. The van der Waals surface area contributed by atoms with Crippen molar-refractivity contribution in [2.75, 3.05) is 31.7 Å². The minimum atomic E-state index is -0.239. The van der Waals surface area contributed by atoms with Gasteiger partial charge >= 0.3 is 0 Å². The van der Waals surface area contributed by atoms with Crippen LogP contribution in [-0.2, 0) is 9.53 Å². The molecule has 1 aromatic carbocycles. The lowest BCUT2D eigenvalue weighted by atomic mass is 10.1. The van der Waals surface area contributed by atoms with Crippen LogP contribution in [0.15, 0.2) is 18.2 Å². The standard InChI is InChI=1S/C16H22N2O3/c1-2-6-17-15-13-4-3-12(8-14(13)18-16(15)19)21-10-11-5-7-20-9-11/h3-4,8,11,15,17H,2,5-7,9-10H2,1H3,(H,18,19). The molecule has 1 fully saturated rings. The maximum atomic E-state index is 12.0. The molecule has 2 unspecified atom stereocenters. The van der Waals surface area contributed by atoms with Crippen molar-refractivity contribution in [2.45, 2.75) is 25.8 Å². The summed E-state index contributed by atoms with van der Waals surface area (Å²) in [5.41, 5.74) is 1.86. The number of nitrogens with one attached hydrogen (secondary N) is 2. The lowest BCUT2D eigenvalue weighted by Crippen LogP contribution is -2.27. The first-order chi connectivity index (χ1) is 10.3. The minimum absolute atomic E-state index is 0.0137. The number of hydrogen-bond acceptors (Lipinski definition) is 4. The fourth-order valence-corrected chi connectivity index (χ4v) is 2.75. The van der Waals surface area contributed by atoms with Crippen LogP contribution in [0.5, 0.6) is 5.75 Å². The van der Waals surface area contributed by atoms with Crippen molar-refractivity contribution < 1.29 is 14.3 Å². The van der Waals surface area contributed by atoms with Crippen LogP contribution in [0.25, 0.3) is 0 Å². The fraction of sp³-hybridized carbons (Fsp3) is 0.562. The molecule has 2 N–H and O–H groups in total. The summed E-state index contributed by atoms with van der Waals surface area (Å²) in [6, 6.07) is 5.59. The first-order valence-electron chi connectivity index (χ1n) is 7.66. The first-order valence-corrected chi connectivity index (χ1v) is 7.66. The molecule has 0 bridgehead atoms. The average molecular weight is 290 g/mol. The second-order valence-corrected chi connectivity index (χ2v) is 5.67. The smallest absolute Gasteiger partial charge is 0.246 e. The van der Waals surface area contributed by atoms with E-state index in [2.05, 4.69) is 17.6 Å². The van der Waals surface area contributed by atoms with Crippen molar-refractivity contribution in [3.8, 4) is 5.75 Å². The van der Waals surface area contributed by atoms with Gasteiger partial charge in [0.25, 0.3) is 0 Å². The highest BCUT2D eigenvalue weighted by Crippen LogP contribution is 2.34. The molecule has 1 amide bonds. The van der Waals surface area contributed by atoms with Gasteiger partial charge in [-0.3, -0.25) is 4.79 Å². The molecule has 1 aromatic rings. The molecule has 0 aliphatic carbocycles. The number of carbonyl (C=O) groups is 1. The summed E-state index contributed by atoms with van der Waals surface area (Å²) >= 11 is 0. The van der Waals surface area contributed by atoms with Gasteiger partial charge in [0.1, 0.15) is 11.8 Å². The number of amides is 1. The maximum Gasteiger partial charge on any atom is 0.246 e. The van der Waals surface area contributed by atoms with Gasteiger partial charge in [0, 0.05) is 29.8 Å². The van der Waals surface area contributed by atoms with Gasteiger partial charge < -0.3 is 20.1 Å². The van der Waals surface area contributed by atoms with Crippen LogP contribution in [0.4, 0.5) is 5.69 Å². The summed E-state index contributed by atoms with van der Waals surface area (Å²) in [4.78, 5) is 12.0. The molecule has 0 spiro atoms. The highest BCUT2D eigenvalue weighted by atomic mass is 16.5. The third-order valence-corrected chi connectivity index (χ3v) is 3.96. The molecule has 5 nitrogen and oxygen atoms in total. The number of ether oxygens (including phenoxy) is 2. The van der Waals surface area contributed by atoms with E-state index in [1.54, 1.807) is 0 Å². The molecule has 2 aliphatic heterocycles. The summed E-state index contributed by atoms with van der Waals surface area (Å²) in [6.07, 6.45) is 2.06. The van der Waals surface area contributed by atoms with E-state index >= 15 is 0 Å². The minimum Gasteiger partial charge on any atom is -0.493 e. The van der Waals surface area contributed by atoms with Gasteiger partial charge in [-0.2, -0.15) is 0 Å². The zero-order valence-electron chi connectivity index (χ0n) is 12.4. The van der Waals surface area contributed by atoms with Gasteiger partial charge in [0.05, 0.1) is 13.2 Å². The van der Waals surface area contributed by atoms with Crippen LogP contribution in [-0.4, -0.2) is 32.3 Å². The second-order valence-electron chi connectivity index (χ2n) is 5.67. The number of benzene rings is 1. The van der Waals surface area contributed by atoms with E-state index < -0.39 is 0 Å². The molecule has 1 saturated heterocycles. The quantitative estimate of drug-likeness (QED) is 0.842. The molecule has 2 heterocycles. The number of fused-ring (bicyclic) bond motifs is 1. The summed E-state index contributed by atoms with van der Waals surface area (Å²) in [5.74, 6) is 1.30. The Kier molecular flexibility index (Phi) is 4.41. The van der Waals surface area contributed by atoms with Gasteiger partial charge in [-0.15, -0.1) is 0 Å².